The first-order valence-corrected chi connectivity index (χ1v) is 10.6. The standard InChI is InChI=1S/C25H25ClN2O4/c1-29-20-8-6-5-7-18(20)24-19-15-17(26)11-12-28(19)23(27-24)10-9-16-13-21(30-2)25(32-4)22(14-16)31-3/h5-8,11-15H,9-10H2,1-4H3. The van der Waals surface area contributed by atoms with Crippen LogP contribution < -0.4 is 18.9 Å². The highest BCUT2D eigenvalue weighted by molar-refractivity contribution is 6.31. The van der Waals surface area contributed by atoms with Crippen molar-refractivity contribution in [2.24, 2.45) is 0 Å². The van der Waals surface area contributed by atoms with Crippen LogP contribution in [0.5, 0.6) is 23.0 Å². The number of hydrogen-bond donors (Lipinski definition) is 0. The Hall–Kier alpha value is -3.38. The Morgan fingerprint density at radius 1 is 0.812 bits per heavy atom. The van der Waals surface area contributed by atoms with Crippen molar-refractivity contribution in [2.45, 2.75) is 12.8 Å². The predicted molar refractivity (Wildman–Crippen MR) is 126 cm³/mol. The van der Waals surface area contributed by atoms with Gasteiger partial charge in [-0.1, -0.05) is 23.7 Å². The van der Waals surface area contributed by atoms with Crippen LogP contribution in [-0.4, -0.2) is 37.8 Å². The Bertz CT molecular complexity index is 1230. The molecule has 4 aromatic rings. The van der Waals surface area contributed by atoms with E-state index in [4.69, 9.17) is 35.5 Å². The minimum atomic E-state index is 0.582. The molecule has 4 rings (SSSR count). The summed E-state index contributed by atoms with van der Waals surface area (Å²) in [6, 6.07) is 15.6. The molecule has 2 aromatic carbocycles. The smallest absolute Gasteiger partial charge is 0.203 e. The van der Waals surface area contributed by atoms with Crippen molar-refractivity contribution in [3.63, 3.8) is 0 Å². The predicted octanol–water partition coefficient (Wildman–Crippen LogP) is 5.47. The largest absolute Gasteiger partial charge is 0.496 e. The fourth-order valence-electron chi connectivity index (χ4n) is 3.87. The topological polar surface area (TPSA) is 54.2 Å². The third-order valence-electron chi connectivity index (χ3n) is 5.40. The molecular weight excluding hydrogens is 428 g/mol. The highest BCUT2D eigenvalue weighted by atomic mass is 35.5. The van der Waals surface area contributed by atoms with Gasteiger partial charge < -0.3 is 23.3 Å². The zero-order valence-electron chi connectivity index (χ0n) is 18.5. The summed E-state index contributed by atoms with van der Waals surface area (Å²) < 4.78 is 24.0. The van der Waals surface area contributed by atoms with Crippen molar-refractivity contribution < 1.29 is 18.9 Å². The zero-order valence-corrected chi connectivity index (χ0v) is 19.3. The number of halogens is 1. The molecule has 0 N–H and O–H groups in total. The number of para-hydroxylation sites is 1. The minimum Gasteiger partial charge on any atom is -0.496 e. The summed E-state index contributed by atoms with van der Waals surface area (Å²) >= 11 is 6.32. The monoisotopic (exact) mass is 452 g/mol. The van der Waals surface area contributed by atoms with Gasteiger partial charge in [-0.25, -0.2) is 4.98 Å². The maximum Gasteiger partial charge on any atom is 0.203 e. The van der Waals surface area contributed by atoms with Crippen LogP contribution in [0, 0.1) is 0 Å². The summed E-state index contributed by atoms with van der Waals surface area (Å²) in [6.45, 7) is 0. The number of methoxy groups -OCH3 is 4. The Labute approximate surface area is 192 Å². The lowest BCUT2D eigenvalue weighted by atomic mass is 10.1. The van der Waals surface area contributed by atoms with E-state index in [2.05, 4.69) is 4.40 Å². The van der Waals surface area contributed by atoms with Crippen molar-refractivity contribution in [3.05, 3.63) is 71.1 Å². The molecule has 2 heterocycles. The van der Waals surface area contributed by atoms with Gasteiger partial charge in [0, 0.05) is 23.2 Å². The van der Waals surface area contributed by atoms with Crippen molar-refractivity contribution in [1.29, 1.82) is 0 Å². The van der Waals surface area contributed by atoms with E-state index in [1.54, 1.807) is 28.4 Å². The van der Waals surface area contributed by atoms with Crippen LogP contribution in [-0.2, 0) is 12.8 Å². The lowest BCUT2D eigenvalue weighted by molar-refractivity contribution is 0.324. The molecule has 0 unspecified atom stereocenters. The summed E-state index contributed by atoms with van der Waals surface area (Å²) in [5, 5.41) is 0.657. The summed E-state index contributed by atoms with van der Waals surface area (Å²) in [6.07, 6.45) is 3.40. The van der Waals surface area contributed by atoms with E-state index in [-0.39, 0.29) is 0 Å². The molecule has 2 aromatic heterocycles. The van der Waals surface area contributed by atoms with Crippen LogP contribution in [0.3, 0.4) is 0 Å². The summed E-state index contributed by atoms with van der Waals surface area (Å²) in [5.74, 6) is 3.54. The van der Waals surface area contributed by atoms with Crippen LogP contribution in [0.2, 0.25) is 5.02 Å². The molecule has 0 spiro atoms. The molecule has 32 heavy (non-hydrogen) atoms. The first kappa shape index (κ1) is 21.8. The molecule has 7 heteroatoms. The van der Waals surface area contributed by atoms with E-state index < -0.39 is 0 Å². The number of fused-ring (bicyclic) bond motifs is 1. The molecule has 0 saturated heterocycles. The summed E-state index contributed by atoms with van der Waals surface area (Å²) in [5.41, 5.74) is 3.75. The lowest BCUT2D eigenvalue weighted by Gasteiger charge is -2.14. The molecule has 0 fully saturated rings. The summed E-state index contributed by atoms with van der Waals surface area (Å²) in [7, 11) is 6.50. The average Bonchev–Trinajstić information content (AvgIpc) is 3.19. The molecule has 0 aliphatic rings. The number of rotatable bonds is 8. The zero-order chi connectivity index (χ0) is 22.7. The van der Waals surface area contributed by atoms with Gasteiger partial charge in [0.25, 0.3) is 0 Å². The van der Waals surface area contributed by atoms with Gasteiger partial charge in [0.2, 0.25) is 5.75 Å². The first-order valence-electron chi connectivity index (χ1n) is 10.2. The van der Waals surface area contributed by atoms with Crippen molar-refractivity contribution in [2.75, 3.05) is 28.4 Å². The molecule has 0 aliphatic heterocycles. The van der Waals surface area contributed by atoms with E-state index in [0.717, 1.165) is 40.3 Å². The fourth-order valence-corrected chi connectivity index (χ4v) is 4.03. The van der Waals surface area contributed by atoms with Gasteiger partial charge in [-0.05, 0) is 48.4 Å². The molecule has 0 radical (unpaired) electrons. The fraction of sp³-hybridized carbons (Fsp3) is 0.240. The van der Waals surface area contributed by atoms with E-state index >= 15 is 0 Å². The van der Waals surface area contributed by atoms with Crippen LogP contribution in [0.15, 0.2) is 54.7 Å². The molecule has 6 nitrogen and oxygen atoms in total. The van der Waals surface area contributed by atoms with Crippen LogP contribution in [0.4, 0.5) is 0 Å². The van der Waals surface area contributed by atoms with Gasteiger partial charge >= 0.3 is 0 Å². The Balaban J connectivity index is 1.74. The maximum atomic E-state index is 6.32. The van der Waals surface area contributed by atoms with Crippen LogP contribution in [0.1, 0.15) is 11.4 Å². The first-order chi connectivity index (χ1) is 15.6. The number of imidazole rings is 1. The van der Waals surface area contributed by atoms with Crippen LogP contribution in [0.25, 0.3) is 16.8 Å². The highest BCUT2D eigenvalue weighted by Crippen LogP contribution is 2.39. The second kappa shape index (κ2) is 9.40. The average molecular weight is 453 g/mol. The second-order valence-electron chi connectivity index (χ2n) is 7.21. The maximum absolute atomic E-state index is 6.32. The van der Waals surface area contributed by atoms with E-state index in [0.29, 0.717) is 28.7 Å². The number of hydrogen-bond acceptors (Lipinski definition) is 5. The van der Waals surface area contributed by atoms with Gasteiger partial charge in [0.15, 0.2) is 11.5 Å². The van der Waals surface area contributed by atoms with E-state index in [9.17, 15) is 0 Å². The third kappa shape index (κ3) is 4.06. The molecule has 0 amide bonds. The van der Waals surface area contributed by atoms with Gasteiger partial charge in [0.1, 0.15) is 17.3 Å². The molecular formula is C25H25ClN2O4. The third-order valence-corrected chi connectivity index (χ3v) is 5.64. The number of benzene rings is 2. The minimum absolute atomic E-state index is 0.582. The molecule has 0 atom stereocenters. The van der Waals surface area contributed by atoms with Crippen LogP contribution >= 0.6 is 11.6 Å². The quantitative estimate of drug-likeness (QED) is 0.354. The SMILES string of the molecule is COc1ccccc1-c1nc(CCc2cc(OC)c(OC)c(OC)c2)n2ccc(Cl)cc12. The number of aromatic nitrogens is 2. The van der Waals surface area contributed by atoms with Gasteiger partial charge in [-0.3, -0.25) is 0 Å². The molecule has 166 valence electrons. The number of nitrogens with zero attached hydrogens (tertiary/aromatic N) is 2. The van der Waals surface area contributed by atoms with Crippen molar-refractivity contribution in [1.82, 2.24) is 9.38 Å². The van der Waals surface area contributed by atoms with E-state index in [1.165, 1.54) is 0 Å². The van der Waals surface area contributed by atoms with Crippen molar-refractivity contribution >= 4 is 17.1 Å². The molecule has 0 bridgehead atoms. The van der Waals surface area contributed by atoms with E-state index in [1.807, 2.05) is 54.7 Å². The van der Waals surface area contributed by atoms with Gasteiger partial charge in [0.05, 0.1) is 34.0 Å². The Morgan fingerprint density at radius 3 is 2.16 bits per heavy atom. The Kier molecular flexibility index (Phi) is 6.42. The molecule has 0 saturated carbocycles. The highest BCUT2D eigenvalue weighted by Gasteiger charge is 2.18. The normalized spacial score (nSPS) is 10.9. The molecule has 0 aliphatic carbocycles. The summed E-state index contributed by atoms with van der Waals surface area (Å²) in [4.78, 5) is 4.98. The van der Waals surface area contributed by atoms with Gasteiger partial charge in [-0.2, -0.15) is 0 Å². The number of ether oxygens (including phenoxy) is 4. The van der Waals surface area contributed by atoms with Gasteiger partial charge in [-0.15, -0.1) is 0 Å². The lowest BCUT2D eigenvalue weighted by Crippen LogP contribution is -2.00. The number of pyridine rings is 1. The number of aryl methyl sites for hydroxylation is 2. The second-order valence-corrected chi connectivity index (χ2v) is 7.65. The van der Waals surface area contributed by atoms with Crippen molar-refractivity contribution in [3.8, 4) is 34.3 Å². The Morgan fingerprint density at radius 2 is 1.50 bits per heavy atom.